The standard InChI is InChI=1S/C21H20N4O5/c1-3-14-5-11-17(12-6-14)30-20-18(25(27)28)19(22-13-23-20)24-16-9-7-15(8-10-16)21(26)29-4-2/h5-13H,3-4H2,1-2H3,(H,22,23,24). The number of esters is 1. The fraction of sp³-hybridized carbons (Fsp3) is 0.190. The van der Waals surface area contributed by atoms with Crippen LogP contribution in [-0.4, -0.2) is 27.5 Å². The molecule has 9 nitrogen and oxygen atoms in total. The van der Waals surface area contributed by atoms with Crippen molar-refractivity contribution in [3.63, 3.8) is 0 Å². The Morgan fingerprint density at radius 1 is 1.07 bits per heavy atom. The first-order chi connectivity index (χ1) is 14.5. The zero-order chi connectivity index (χ0) is 21.5. The number of aryl methyl sites for hydroxylation is 1. The number of carbonyl (C=O) groups is 1. The molecule has 0 saturated heterocycles. The smallest absolute Gasteiger partial charge is 0.373 e. The first-order valence-corrected chi connectivity index (χ1v) is 9.32. The van der Waals surface area contributed by atoms with E-state index in [9.17, 15) is 14.9 Å². The minimum Gasteiger partial charge on any atom is -0.462 e. The predicted octanol–water partition coefficient (Wildman–Crippen LogP) is 4.66. The SMILES string of the molecule is CCOC(=O)c1ccc(Nc2ncnc(Oc3ccc(CC)cc3)c2[N+](=O)[O-])cc1. The molecule has 0 unspecified atom stereocenters. The van der Waals surface area contributed by atoms with Gasteiger partial charge < -0.3 is 14.8 Å². The lowest BCUT2D eigenvalue weighted by Gasteiger charge is -2.10. The Balaban J connectivity index is 1.85. The van der Waals surface area contributed by atoms with Crippen molar-refractivity contribution in [3.8, 4) is 11.6 Å². The monoisotopic (exact) mass is 408 g/mol. The van der Waals surface area contributed by atoms with Gasteiger partial charge in [-0.1, -0.05) is 19.1 Å². The predicted molar refractivity (Wildman–Crippen MR) is 110 cm³/mol. The number of hydrogen-bond acceptors (Lipinski definition) is 8. The van der Waals surface area contributed by atoms with Crippen LogP contribution in [0.2, 0.25) is 0 Å². The minimum atomic E-state index is -0.606. The molecule has 3 rings (SSSR count). The second-order valence-electron chi connectivity index (χ2n) is 6.16. The van der Waals surface area contributed by atoms with E-state index in [4.69, 9.17) is 9.47 Å². The van der Waals surface area contributed by atoms with Crippen LogP contribution in [0.15, 0.2) is 54.9 Å². The molecule has 30 heavy (non-hydrogen) atoms. The molecule has 0 aliphatic heterocycles. The van der Waals surface area contributed by atoms with Crippen LogP contribution in [0.3, 0.4) is 0 Å². The number of aromatic nitrogens is 2. The van der Waals surface area contributed by atoms with Crippen LogP contribution in [-0.2, 0) is 11.2 Å². The van der Waals surface area contributed by atoms with Crippen LogP contribution >= 0.6 is 0 Å². The molecule has 154 valence electrons. The summed E-state index contributed by atoms with van der Waals surface area (Å²) in [6.45, 7) is 4.03. The molecule has 2 aromatic carbocycles. The van der Waals surface area contributed by atoms with Crippen molar-refractivity contribution in [3.05, 3.63) is 76.1 Å². The maximum absolute atomic E-state index is 11.7. The number of rotatable bonds is 8. The summed E-state index contributed by atoms with van der Waals surface area (Å²) in [5.41, 5.74) is 1.60. The second-order valence-corrected chi connectivity index (χ2v) is 6.16. The molecule has 0 saturated carbocycles. The molecule has 0 aliphatic rings. The Hall–Kier alpha value is -4.01. The average molecular weight is 408 g/mol. The molecular weight excluding hydrogens is 388 g/mol. The number of nitrogens with zero attached hydrogens (tertiary/aromatic N) is 3. The van der Waals surface area contributed by atoms with Crippen molar-refractivity contribution in [1.82, 2.24) is 9.97 Å². The molecular formula is C21H20N4O5. The summed E-state index contributed by atoms with van der Waals surface area (Å²) in [5.74, 6) is -0.218. The summed E-state index contributed by atoms with van der Waals surface area (Å²) < 4.78 is 10.6. The van der Waals surface area contributed by atoms with Gasteiger partial charge in [-0.15, -0.1) is 0 Å². The second kappa shape index (κ2) is 9.46. The van der Waals surface area contributed by atoms with Crippen molar-refractivity contribution >= 4 is 23.2 Å². The molecule has 0 fully saturated rings. The Morgan fingerprint density at radius 3 is 2.37 bits per heavy atom. The third kappa shape index (κ3) is 4.88. The van der Waals surface area contributed by atoms with E-state index < -0.39 is 16.6 Å². The van der Waals surface area contributed by atoms with Crippen molar-refractivity contribution < 1.29 is 19.2 Å². The third-order valence-electron chi connectivity index (χ3n) is 4.18. The zero-order valence-corrected chi connectivity index (χ0v) is 16.5. The van der Waals surface area contributed by atoms with E-state index in [0.29, 0.717) is 17.0 Å². The van der Waals surface area contributed by atoms with E-state index in [2.05, 4.69) is 15.3 Å². The summed E-state index contributed by atoms with van der Waals surface area (Å²) in [6.07, 6.45) is 2.05. The van der Waals surface area contributed by atoms with Gasteiger partial charge in [0.25, 0.3) is 0 Å². The topological polar surface area (TPSA) is 116 Å². The summed E-state index contributed by atoms with van der Waals surface area (Å²) in [5, 5.41) is 14.6. The summed E-state index contributed by atoms with van der Waals surface area (Å²) in [6, 6.07) is 13.5. The molecule has 1 aromatic heterocycles. The van der Waals surface area contributed by atoms with Crippen LogP contribution < -0.4 is 10.1 Å². The first-order valence-electron chi connectivity index (χ1n) is 9.32. The lowest BCUT2D eigenvalue weighted by molar-refractivity contribution is -0.385. The van der Waals surface area contributed by atoms with E-state index in [0.717, 1.165) is 12.0 Å². The fourth-order valence-electron chi connectivity index (χ4n) is 2.64. The molecule has 0 bridgehead atoms. The maximum Gasteiger partial charge on any atom is 0.373 e. The van der Waals surface area contributed by atoms with E-state index in [1.165, 1.54) is 6.33 Å². The largest absolute Gasteiger partial charge is 0.462 e. The van der Waals surface area contributed by atoms with Crippen LogP contribution in [0.1, 0.15) is 29.8 Å². The van der Waals surface area contributed by atoms with Crippen LogP contribution in [0.25, 0.3) is 0 Å². The van der Waals surface area contributed by atoms with Crippen molar-refractivity contribution in [1.29, 1.82) is 0 Å². The van der Waals surface area contributed by atoms with Gasteiger partial charge in [-0.25, -0.2) is 9.78 Å². The minimum absolute atomic E-state index is 0.0286. The maximum atomic E-state index is 11.7. The quantitative estimate of drug-likeness (QED) is 0.325. The Morgan fingerprint density at radius 2 is 1.77 bits per heavy atom. The highest BCUT2D eigenvalue weighted by molar-refractivity contribution is 5.90. The van der Waals surface area contributed by atoms with Crippen LogP contribution in [0.5, 0.6) is 11.6 Å². The number of carbonyl (C=O) groups excluding carboxylic acids is 1. The number of ether oxygens (including phenoxy) is 2. The zero-order valence-electron chi connectivity index (χ0n) is 16.5. The van der Waals surface area contributed by atoms with Crippen molar-refractivity contribution in [2.45, 2.75) is 20.3 Å². The highest BCUT2D eigenvalue weighted by Gasteiger charge is 2.25. The highest BCUT2D eigenvalue weighted by Crippen LogP contribution is 2.35. The molecule has 0 radical (unpaired) electrons. The van der Waals surface area contributed by atoms with Gasteiger partial charge in [0.05, 0.1) is 17.1 Å². The molecule has 1 heterocycles. The van der Waals surface area contributed by atoms with E-state index >= 15 is 0 Å². The van der Waals surface area contributed by atoms with Gasteiger partial charge in [0.15, 0.2) is 0 Å². The molecule has 0 aliphatic carbocycles. The van der Waals surface area contributed by atoms with Crippen molar-refractivity contribution in [2.24, 2.45) is 0 Å². The molecule has 0 atom stereocenters. The lowest BCUT2D eigenvalue weighted by atomic mass is 10.2. The van der Waals surface area contributed by atoms with Gasteiger partial charge in [0, 0.05) is 5.69 Å². The lowest BCUT2D eigenvalue weighted by Crippen LogP contribution is -2.05. The fourth-order valence-corrected chi connectivity index (χ4v) is 2.64. The summed E-state index contributed by atoms with van der Waals surface area (Å²) in [7, 11) is 0. The van der Waals surface area contributed by atoms with Gasteiger partial charge in [-0.05, 0) is 55.3 Å². The summed E-state index contributed by atoms with van der Waals surface area (Å²) >= 11 is 0. The molecule has 0 amide bonds. The highest BCUT2D eigenvalue weighted by atomic mass is 16.6. The number of nitrogens with one attached hydrogen (secondary N) is 1. The van der Waals surface area contributed by atoms with E-state index in [-0.39, 0.29) is 18.3 Å². The van der Waals surface area contributed by atoms with Gasteiger partial charge in [-0.2, -0.15) is 4.98 Å². The third-order valence-corrected chi connectivity index (χ3v) is 4.18. The van der Waals surface area contributed by atoms with E-state index in [1.807, 2.05) is 19.1 Å². The van der Waals surface area contributed by atoms with Crippen LogP contribution in [0, 0.1) is 10.1 Å². The Kier molecular flexibility index (Phi) is 6.53. The number of anilines is 2. The van der Waals surface area contributed by atoms with Crippen LogP contribution in [0.4, 0.5) is 17.2 Å². The number of nitro groups is 1. The number of hydrogen-bond donors (Lipinski definition) is 1. The number of benzene rings is 2. The Labute approximate surface area is 172 Å². The van der Waals surface area contributed by atoms with Gasteiger partial charge >= 0.3 is 17.5 Å². The molecule has 9 heteroatoms. The van der Waals surface area contributed by atoms with Gasteiger partial charge in [0.2, 0.25) is 5.82 Å². The molecule has 3 aromatic rings. The van der Waals surface area contributed by atoms with Gasteiger partial charge in [0.1, 0.15) is 12.1 Å². The summed E-state index contributed by atoms with van der Waals surface area (Å²) in [4.78, 5) is 30.7. The Bertz CT molecular complexity index is 1040. The molecule has 0 spiro atoms. The van der Waals surface area contributed by atoms with E-state index in [1.54, 1.807) is 43.3 Å². The average Bonchev–Trinajstić information content (AvgIpc) is 2.75. The molecule has 1 N–H and O–H groups in total. The normalized spacial score (nSPS) is 10.3. The first kappa shape index (κ1) is 20.7. The van der Waals surface area contributed by atoms with Crippen molar-refractivity contribution in [2.75, 3.05) is 11.9 Å². The van der Waals surface area contributed by atoms with Gasteiger partial charge in [-0.3, -0.25) is 10.1 Å².